The maximum Gasteiger partial charge on any atom is 0.331 e. The van der Waals surface area contributed by atoms with Gasteiger partial charge in [-0.3, -0.25) is 9.97 Å². The number of phenols is 2. The fraction of sp³-hybridized carbons (Fsp3) is 0.235. The molecule has 0 atom stereocenters. The second kappa shape index (κ2) is 6.91. The lowest BCUT2D eigenvalue weighted by Gasteiger charge is -2.07. The van der Waals surface area contributed by atoms with Crippen LogP contribution in [0, 0.1) is 20.8 Å². The van der Waals surface area contributed by atoms with Crippen LogP contribution in [-0.2, 0) is 16.1 Å². The van der Waals surface area contributed by atoms with E-state index >= 15 is 0 Å². The Bertz CT molecular complexity index is 769. The summed E-state index contributed by atoms with van der Waals surface area (Å²) >= 11 is 0. The minimum absolute atomic E-state index is 0.0456. The summed E-state index contributed by atoms with van der Waals surface area (Å²) in [6.07, 6.45) is 2.73. The lowest BCUT2D eigenvalue weighted by atomic mass is 10.2. The Morgan fingerprint density at radius 1 is 1.09 bits per heavy atom. The zero-order valence-corrected chi connectivity index (χ0v) is 13.2. The molecule has 0 radical (unpaired) electrons. The number of hydrogen-bond donors (Lipinski definition) is 2. The number of carbonyl (C=O) groups excluding carboxylic acids is 1. The Hall–Kier alpha value is -2.89. The standard InChI is InChI=1S/C17H18N2O4/c1-10-11(2)19-14(12(3)18-10)9-23-17(22)7-5-13-4-6-15(20)16(21)8-13/h4-8,20-21H,9H2,1-3H3/b7-5+. The van der Waals surface area contributed by atoms with Gasteiger partial charge in [-0.05, 0) is 44.5 Å². The first-order chi connectivity index (χ1) is 10.9. The van der Waals surface area contributed by atoms with Gasteiger partial charge in [0.25, 0.3) is 0 Å². The van der Waals surface area contributed by atoms with Crippen molar-refractivity contribution in [3.63, 3.8) is 0 Å². The molecule has 6 nitrogen and oxygen atoms in total. The number of aryl methyl sites for hydroxylation is 3. The predicted octanol–water partition coefficient (Wildman–Crippen LogP) is 2.57. The van der Waals surface area contributed by atoms with Crippen molar-refractivity contribution in [2.75, 3.05) is 0 Å². The number of benzene rings is 1. The summed E-state index contributed by atoms with van der Waals surface area (Å²) in [7, 11) is 0. The molecule has 1 heterocycles. The average molecular weight is 314 g/mol. The quantitative estimate of drug-likeness (QED) is 0.512. The third-order valence-corrected chi connectivity index (χ3v) is 3.34. The molecule has 0 unspecified atom stereocenters. The molecule has 0 aliphatic rings. The lowest BCUT2D eigenvalue weighted by Crippen LogP contribution is -2.07. The van der Waals surface area contributed by atoms with Crippen molar-refractivity contribution in [3.8, 4) is 11.5 Å². The lowest BCUT2D eigenvalue weighted by molar-refractivity contribution is -0.139. The van der Waals surface area contributed by atoms with Crippen LogP contribution in [-0.4, -0.2) is 26.2 Å². The number of carbonyl (C=O) groups is 1. The Kier molecular flexibility index (Phi) is 4.95. The molecule has 0 saturated carbocycles. The first-order valence-electron chi connectivity index (χ1n) is 7.04. The van der Waals surface area contributed by atoms with E-state index in [-0.39, 0.29) is 18.1 Å². The third-order valence-electron chi connectivity index (χ3n) is 3.34. The summed E-state index contributed by atoms with van der Waals surface area (Å²) in [5.74, 6) is -0.993. The number of esters is 1. The molecule has 2 aromatic rings. The van der Waals surface area contributed by atoms with Crippen molar-refractivity contribution >= 4 is 12.0 Å². The highest BCUT2D eigenvalue weighted by atomic mass is 16.5. The molecule has 0 fully saturated rings. The van der Waals surface area contributed by atoms with Gasteiger partial charge in [0.1, 0.15) is 6.61 Å². The van der Waals surface area contributed by atoms with Gasteiger partial charge in [0.05, 0.1) is 22.8 Å². The minimum atomic E-state index is -0.531. The zero-order chi connectivity index (χ0) is 17.0. The molecule has 0 amide bonds. The van der Waals surface area contributed by atoms with Crippen molar-refractivity contribution in [1.29, 1.82) is 0 Å². The summed E-state index contributed by atoms with van der Waals surface area (Å²) in [5, 5.41) is 18.6. The maximum atomic E-state index is 11.7. The molecule has 6 heteroatoms. The summed E-state index contributed by atoms with van der Waals surface area (Å²) < 4.78 is 5.14. The van der Waals surface area contributed by atoms with Crippen LogP contribution in [0.25, 0.3) is 6.08 Å². The van der Waals surface area contributed by atoms with Gasteiger partial charge >= 0.3 is 5.97 Å². The van der Waals surface area contributed by atoms with E-state index in [1.165, 1.54) is 24.3 Å². The first-order valence-corrected chi connectivity index (χ1v) is 7.04. The van der Waals surface area contributed by atoms with Crippen molar-refractivity contribution in [1.82, 2.24) is 9.97 Å². The second-order valence-electron chi connectivity index (χ2n) is 5.12. The van der Waals surface area contributed by atoms with Gasteiger partial charge in [0, 0.05) is 6.08 Å². The molecule has 2 rings (SSSR count). The van der Waals surface area contributed by atoms with Crippen molar-refractivity contribution in [2.24, 2.45) is 0 Å². The van der Waals surface area contributed by atoms with Crippen molar-refractivity contribution in [3.05, 3.63) is 52.6 Å². The molecule has 1 aromatic heterocycles. The van der Waals surface area contributed by atoms with Gasteiger partial charge in [-0.1, -0.05) is 6.07 Å². The zero-order valence-electron chi connectivity index (χ0n) is 13.2. The molecule has 0 aliphatic heterocycles. The van der Waals surface area contributed by atoms with Gasteiger partial charge in [-0.25, -0.2) is 4.79 Å². The average Bonchev–Trinajstić information content (AvgIpc) is 2.50. The predicted molar refractivity (Wildman–Crippen MR) is 84.8 cm³/mol. The fourth-order valence-corrected chi connectivity index (χ4v) is 1.89. The van der Waals surface area contributed by atoms with E-state index in [0.717, 1.165) is 17.1 Å². The van der Waals surface area contributed by atoms with Crippen molar-refractivity contribution in [2.45, 2.75) is 27.4 Å². The topological polar surface area (TPSA) is 92.5 Å². The molecule has 1 aromatic carbocycles. The van der Waals surface area contributed by atoms with Crippen LogP contribution >= 0.6 is 0 Å². The van der Waals surface area contributed by atoms with Gasteiger partial charge in [0.2, 0.25) is 0 Å². The molecule has 0 saturated heterocycles. The van der Waals surface area contributed by atoms with Gasteiger partial charge in [-0.15, -0.1) is 0 Å². The second-order valence-corrected chi connectivity index (χ2v) is 5.12. The monoisotopic (exact) mass is 314 g/mol. The summed E-state index contributed by atoms with van der Waals surface area (Å²) in [6.45, 7) is 5.59. The number of rotatable bonds is 4. The van der Waals surface area contributed by atoms with E-state index < -0.39 is 5.97 Å². The van der Waals surface area contributed by atoms with E-state index in [1.54, 1.807) is 6.07 Å². The molecule has 23 heavy (non-hydrogen) atoms. The Morgan fingerprint density at radius 3 is 2.48 bits per heavy atom. The number of ether oxygens (including phenoxy) is 1. The molecule has 0 aliphatic carbocycles. The van der Waals surface area contributed by atoms with Crippen LogP contribution in [0.1, 0.15) is 28.3 Å². The SMILES string of the molecule is Cc1nc(C)c(COC(=O)/C=C/c2ccc(O)c(O)c2)nc1C. The van der Waals surface area contributed by atoms with Crippen LogP contribution in [0.15, 0.2) is 24.3 Å². The van der Waals surface area contributed by atoms with Crippen LogP contribution in [0.3, 0.4) is 0 Å². The largest absolute Gasteiger partial charge is 0.504 e. The number of nitrogens with zero attached hydrogens (tertiary/aromatic N) is 2. The van der Waals surface area contributed by atoms with E-state index in [1.807, 2.05) is 20.8 Å². The van der Waals surface area contributed by atoms with E-state index in [2.05, 4.69) is 9.97 Å². The number of phenolic OH excluding ortho intramolecular Hbond substituents is 2. The molecule has 2 N–H and O–H groups in total. The summed E-state index contributed by atoms with van der Waals surface area (Å²) in [6, 6.07) is 4.25. The highest BCUT2D eigenvalue weighted by Crippen LogP contribution is 2.25. The fourth-order valence-electron chi connectivity index (χ4n) is 1.89. The van der Waals surface area contributed by atoms with Crippen LogP contribution < -0.4 is 0 Å². The van der Waals surface area contributed by atoms with Crippen LogP contribution in [0.2, 0.25) is 0 Å². The highest BCUT2D eigenvalue weighted by Gasteiger charge is 2.07. The first kappa shape index (κ1) is 16.5. The van der Waals surface area contributed by atoms with Crippen LogP contribution in [0.4, 0.5) is 0 Å². The molecule has 120 valence electrons. The number of hydrogen-bond acceptors (Lipinski definition) is 6. The normalized spacial score (nSPS) is 10.9. The molecular weight excluding hydrogens is 296 g/mol. The smallest absolute Gasteiger partial charge is 0.331 e. The highest BCUT2D eigenvalue weighted by molar-refractivity contribution is 5.87. The molecular formula is C17H18N2O4. The Labute approximate surface area is 134 Å². The minimum Gasteiger partial charge on any atom is -0.504 e. The van der Waals surface area contributed by atoms with E-state index in [4.69, 9.17) is 4.74 Å². The molecule has 0 spiro atoms. The molecule has 0 bridgehead atoms. The van der Waals surface area contributed by atoms with Gasteiger partial charge in [-0.2, -0.15) is 0 Å². The Balaban J connectivity index is 1.98. The number of aromatic nitrogens is 2. The van der Waals surface area contributed by atoms with Crippen molar-refractivity contribution < 1.29 is 19.7 Å². The van der Waals surface area contributed by atoms with Gasteiger partial charge < -0.3 is 14.9 Å². The summed E-state index contributed by atoms with van der Waals surface area (Å²) in [5.41, 5.74) is 3.58. The maximum absolute atomic E-state index is 11.7. The van der Waals surface area contributed by atoms with Crippen LogP contribution in [0.5, 0.6) is 11.5 Å². The third kappa shape index (κ3) is 4.29. The van der Waals surface area contributed by atoms with E-state index in [0.29, 0.717) is 11.3 Å². The number of aromatic hydroxyl groups is 2. The Morgan fingerprint density at radius 2 is 1.78 bits per heavy atom. The van der Waals surface area contributed by atoms with E-state index in [9.17, 15) is 15.0 Å². The van der Waals surface area contributed by atoms with Gasteiger partial charge in [0.15, 0.2) is 11.5 Å². The summed E-state index contributed by atoms with van der Waals surface area (Å²) in [4.78, 5) is 20.4.